The zero-order valence-corrected chi connectivity index (χ0v) is 16.6. The summed E-state index contributed by atoms with van der Waals surface area (Å²) in [5.41, 5.74) is 2.65. The number of H-pyrrole nitrogens is 1. The fourth-order valence-electron chi connectivity index (χ4n) is 2.80. The van der Waals surface area contributed by atoms with Crippen molar-refractivity contribution in [2.24, 2.45) is 4.99 Å². The van der Waals surface area contributed by atoms with Gasteiger partial charge in [0.1, 0.15) is 0 Å². The predicted octanol–water partition coefficient (Wildman–Crippen LogP) is 4.18. The molecule has 3 aromatic carbocycles. The number of aromatic amines is 1. The lowest BCUT2D eigenvalue weighted by molar-refractivity contribution is 0.0977. The number of hydrogen-bond acceptors (Lipinski definition) is 5. The van der Waals surface area contributed by atoms with E-state index in [0.29, 0.717) is 38.6 Å². The Labute approximate surface area is 180 Å². The molecule has 0 bridgehead atoms. The number of benzene rings is 3. The number of aliphatic imine (C=N–C) groups is 1. The van der Waals surface area contributed by atoms with E-state index in [2.05, 4.69) is 20.6 Å². The van der Waals surface area contributed by atoms with Crippen LogP contribution in [-0.4, -0.2) is 16.9 Å². The maximum Gasteiger partial charge on any atom is 0.417 e. The van der Waals surface area contributed by atoms with Gasteiger partial charge in [0.15, 0.2) is 5.58 Å². The van der Waals surface area contributed by atoms with E-state index in [9.17, 15) is 9.59 Å². The van der Waals surface area contributed by atoms with E-state index in [4.69, 9.17) is 21.3 Å². The summed E-state index contributed by atoms with van der Waals surface area (Å²) in [6.07, 6.45) is 0. The number of amides is 1. The minimum atomic E-state index is -0.562. The lowest BCUT2D eigenvalue weighted by Crippen LogP contribution is -2.35. The monoisotopic (exact) mass is 431 g/mol. The van der Waals surface area contributed by atoms with Crippen LogP contribution < -0.4 is 16.4 Å². The van der Waals surface area contributed by atoms with Gasteiger partial charge in [-0.2, -0.15) is 5.26 Å². The molecule has 31 heavy (non-hydrogen) atoms. The first kappa shape index (κ1) is 19.9. The molecule has 152 valence electrons. The second-order valence-electron chi connectivity index (χ2n) is 6.43. The Morgan fingerprint density at radius 2 is 1.90 bits per heavy atom. The molecule has 4 aromatic rings. The molecule has 0 aliphatic carbocycles. The van der Waals surface area contributed by atoms with Crippen LogP contribution in [-0.2, 0) is 0 Å². The molecule has 8 nitrogen and oxygen atoms in total. The van der Waals surface area contributed by atoms with Crippen LogP contribution in [0.15, 0.2) is 80.9 Å². The molecule has 9 heteroatoms. The molecule has 0 fully saturated rings. The number of anilines is 1. The zero-order valence-electron chi connectivity index (χ0n) is 15.8. The quantitative estimate of drug-likeness (QED) is 0.331. The molecular formula is C22H14ClN5O3. The summed E-state index contributed by atoms with van der Waals surface area (Å²) < 4.78 is 5.07. The number of aromatic nitrogens is 1. The number of nitrogens with one attached hydrogen (secondary N) is 3. The molecule has 0 aliphatic heterocycles. The maximum atomic E-state index is 12.7. The molecule has 1 heterocycles. The number of halogens is 1. The Hall–Kier alpha value is -4.35. The van der Waals surface area contributed by atoms with Gasteiger partial charge in [0.05, 0.1) is 22.8 Å². The minimum absolute atomic E-state index is 0.131. The third-order valence-corrected chi connectivity index (χ3v) is 4.49. The third kappa shape index (κ3) is 4.80. The van der Waals surface area contributed by atoms with Crippen LogP contribution in [0.1, 0.15) is 15.9 Å². The van der Waals surface area contributed by atoms with Crippen molar-refractivity contribution < 1.29 is 9.21 Å². The van der Waals surface area contributed by atoms with Gasteiger partial charge in [0.2, 0.25) is 5.96 Å². The van der Waals surface area contributed by atoms with Gasteiger partial charge in [-0.25, -0.2) is 9.79 Å². The number of rotatable bonds is 3. The molecule has 0 saturated heterocycles. The highest BCUT2D eigenvalue weighted by molar-refractivity contribution is 6.30. The normalized spacial score (nSPS) is 11.2. The van der Waals surface area contributed by atoms with Gasteiger partial charge in [-0.15, -0.1) is 0 Å². The van der Waals surface area contributed by atoms with E-state index in [1.54, 1.807) is 60.7 Å². The number of carbonyl (C=O) groups is 1. The molecule has 0 spiro atoms. The van der Waals surface area contributed by atoms with Gasteiger partial charge in [0, 0.05) is 22.3 Å². The summed E-state index contributed by atoms with van der Waals surface area (Å²) in [6.45, 7) is 0. The number of nitrogens with zero attached hydrogens (tertiary/aromatic N) is 2. The zero-order chi connectivity index (χ0) is 21.8. The number of hydrogen-bond donors (Lipinski definition) is 3. The summed E-state index contributed by atoms with van der Waals surface area (Å²) in [6, 6.07) is 20.0. The molecule has 3 N–H and O–H groups in total. The molecule has 1 amide bonds. The van der Waals surface area contributed by atoms with Gasteiger partial charge < -0.3 is 9.73 Å². The average molecular weight is 432 g/mol. The van der Waals surface area contributed by atoms with Crippen molar-refractivity contribution in [2.75, 3.05) is 5.32 Å². The molecule has 4 rings (SSSR count). The molecule has 0 saturated carbocycles. The van der Waals surface area contributed by atoms with Crippen LogP contribution in [0.3, 0.4) is 0 Å². The summed E-state index contributed by atoms with van der Waals surface area (Å²) in [5.74, 6) is -0.883. The van der Waals surface area contributed by atoms with Gasteiger partial charge in [-0.05, 0) is 54.6 Å². The number of carbonyl (C=O) groups excluding carboxylic acids is 1. The number of nitriles is 1. The van der Waals surface area contributed by atoms with E-state index in [-0.39, 0.29) is 5.96 Å². The fraction of sp³-hybridized carbons (Fsp3) is 0. The van der Waals surface area contributed by atoms with Crippen molar-refractivity contribution in [2.45, 2.75) is 0 Å². The van der Waals surface area contributed by atoms with Crippen LogP contribution in [0, 0.1) is 11.3 Å². The highest BCUT2D eigenvalue weighted by atomic mass is 35.5. The number of guanidine groups is 1. The smallest absolute Gasteiger partial charge is 0.408 e. The van der Waals surface area contributed by atoms with Crippen molar-refractivity contribution in [1.29, 1.82) is 5.26 Å². The molecule has 0 atom stereocenters. The van der Waals surface area contributed by atoms with Crippen molar-refractivity contribution in [3.8, 4) is 6.07 Å². The molecule has 1 aromatic heterocycles. The second kappa shape index (κ2) is 8.57. The second-order valence-corrected chi connectivity index (χ2v) is 6.87. The van der Waals surface area contributed by atoms with Crippen LogP contribution in [0.2, 0.25) is 5.02 Å². The Kier molecular flexibility index (Phi) is 5.51. The Morgan fingerprint density at radius 1 is 1.10 bits per heavy atom. The van der Waals surface area contributed by atoms with E-state index in [1.165, 1.54) is 6.07 Å². The predicted molar refractivity (Wildman–Crippen MR) is 118 cm³/mol. The van der Waals surface area contributed by atoms with Crippen molar-refractivity contribution in [3.05, 3.63) is 93.4 Å². The lowest BCUT2D eigenvalue weighted by Gasteiger charge is -2.12. The van der Waals surface area contributed by atoms with Crippen molar-refractivity contribution in [3.63, 3.8) is 0 Å². The molecule has 0 radical (unpaired) electrons. The highest BCUT2D eigenvalue weighted by Crippen LogP contribution is 2.19. The first-order valence-corrected chi connectivity index (χ1v) is 9.44. The standard InChI is InChI=1S/C22H14ClN5O3/c23-15-4-6-16(7-5-15)25-21(28-20(29)14-3-1-2-13(10-14)12-24)26-17-8-9-18-19(11-17)31-22(30)27-18/h1-11H,(H,27,30)(H2,25,26,28,29). The number of oxazole rings is 1. The maximum absolute atomic E-state index is 12.7. The summed E-state index contributed by atoms with van der Waals surface area (Å²) >= 11 is 5.93. The van der Waals surface area contributed by atoms with E-state index in [0.717, 1.165) is 0 Å². The van der Waals surface area contributed by atoms with Crippen LogP contribution in [0.5, 0.6) is 0 Å². The third-order valence-electron chi connectivity index (χ3n) is 4.24. The average Bonchev–Trinajstić information content (AvgIpc) is 3.14. The van der Waals surface area contributed by atoms with Crippen LogP contribution in [0.25, 0.3) is 11.1 Å². The molecule has 0 aliphatic rings. The van der Waals surface area contributed by atoms with E-state index in [1.807, 2.05) is 6.07 Å². The van der Waals surface area contributed by atoms with Crippen molar-refractivity contribution in [1.82, 2.24) is 10.3 Å². The number of fused-ring (bicyclic) bond motifs is 1. The Bertz CT molecular complexity index is 1400. The summed E-state index contributed by atoms with van der Waals surface area (Å²) in [4.78, 5) is 31.1. The molecular weight excluding hydrogens is 418 g/mol. The van der Waals surface area contributed by atoms with Crippen molar-refractivity contribution >= 4 is 45.9 Å². The Morgan fingerprint density at radius 3 is 2.68 bits per heavy atom. The van der Waals surface area contributed by atoms with E-state index >= 15 is 0 Å². The Balaban J connectivity index is 1.66. The van der Waals surface area contributed by atoms with Gasteiger partial charge in [-0.1, -0.05) is 17.7 Å². The summed E-state index contributed by atoms with van der Waals surface area (Å²) in [7, 11) is 0. The van der Waals surface area contributed by atoms with Gasteiger partial charge >= 0.3 is 5.76 Å². The highest BCUT2D eigenvalue weighted by Gasteiger charge is 2.12. The first-order valence-electron chi connectivity index (χ1n) is 9.06. The minimum Gasteiger partial charge on any atom is -0.408 e. The fourth-order valence-corrected chi connectivity index (χ4v) is 2.93. The summed E-state index contributed by atoms with van der Waals surface area (Å²) in [5, 5.41) is 15.3. The van der Waals surface area contributed by atoms with Gasteiger partial charge in [-0.3, -0.25) is 15.1 Å². The van der Waals surface area contributed by atoms with Crippen LogP contribution in [0.4, 0.5) is 11.4 Å². The topological polar surface area (TPSA) is 123 Å². The SMILES string of the molecule is N#Cc1cccc(C(=O)NC(=Nc2ccc(Cl)cc2)Nc2ccc3[nH]c(=O)oc3c2)c1. The first-order chi connectivity index (χ1) is 15.0. The largest absolute Gasteiger partial charge is 0.417 e. The van der Waals surface area contributed by atoms with E-state index < -0.39 is 11.7 Å². The van der Waals surface area contributed by atoms with Gasteiger partial charge in [0.25, 0.3) is 5.91 Å². The molecule has 0 unspecified atom stereocenters. The van der Waals surface area contributed by atoms with Crippen LogP contribution >= 0.6 is 11.6 Å². The lowest BCUT2D eigenvalue weighted by atomic mass is 10.1.